The van der Waals surface area contributed by atoms with Gasteiger partial charge in [-0.15, -0.1) is 0 Å². The predicted molar refractivity (Wildman–Crippen MR) is 67.2 cm³/mol. The molecule has 0 bridgehead atoms. The second kappa shape index (κ2) is 5.10. The first kappa shape index (κ1) is 13.4. The summed E-state index contributed by atoms with van der Waals surface area (Å²) in [6, 6.07) is 0. The zero-order valence-corrected chi connectivity index (χ0v) is 11.0. The van der Waals surface area contributed by atoms with E-state index in [-0.39, 0.29) is 17.0 Å². The third kappa shape index (κ3) is 2.71. The number of hydrogen-bond acceptors (Lipinski definition) is 3. The van der Waals surface area contributed by atoms with Crippen LogP contribution in [0.3, 0.4) is 0 Å². The molecule has 1 aliphatic rings. The molecular formula is C11H20N2O2S. The standard InChI is InChI=1S/C11H20N2O2S/c1-4-8-7-13(5-6-15-8)10(14)11(2,3)9(12)16/h8H,4-7H2,1-3H3,(H2,12,16). The average Bonchev–Trinajstić information content (AvgIpc) is 2.27. The lowest BCUT2D eigenvalue weighted by Crippen LogP contribution is -2.53. The van der Waals surface area contributed by atoms with Gasteiger partial charge in [-0.25, -0.2) is 0 Å². The van der Waals surface area contributed by atoms with Gasteiger partial charge in [-0.05, 0) is 20.3 Å². The molecule has 16 heavy (non-hydrogen) atoms. The van der Waals surface area contributed by atoms with Gasteiger partial charge < -0.3 is 15.4 Å². The van der Waals surface area contributed by atoms with Crippen LogP contribution in [0.1, 0.15) is 27.2 Å². The van der Waals surface area contributed by atoms with E-state index in [0.29, 0.717) is 19.7 Å². The molecule has 0 aromatic carbocycles. The Balaban J connectivity index is 2.70. The van der Waals surface area contributed by atoms with Gasteiger partial charge in [-0.3, -0.25) is 4.79 Å². The van der Waals surface area contributed by atoms with Crippen molar-refractivity contribution in [2.24, 2.45) is 11.1 Å². The molecule has 1 rings (SSSR count). The molecule has 1 aliphatic heterocycles. The highest BCUT2D eigenvalue weighted by Crippen LogP contribution is 2.21. The molecular weight excluding hydrogens is 224 g/mol. The predicted octanol–water partition coefficient (Wildman–Crippen LogP) is 0.936. The van der Waals surface area contributed by atoms with Crippen molar-refractivity contribution < 1.29 is 9.53 Å². The second-order valence-corrected chi connectivity index (χ2v) is 5.08. The maximum absolute atomic E-state index is 12.2. The van der Waals surface area contributed by atoms with E-state index in [1.165, 1.54) is 0 Å². The van der Waals surface area contributed by atoms with Gasteiger partial charge >= 0.3 is 0 Å². The van der Waals surface area contributed by atoms with Crippen molar-refractivity contribution in [3.63, 3.8) is 0 Å². The number of hydrogen-bond donors (Lipinski definition) is 1. The zero-order valence-electron chi connectivity index (χ0n) is 10.2. The quantitative estimate of drug-likeness (QED) is 0.751. The molecule has 0 aromatic rings. The Bertz CT molecular complexity index is 292. The molecule has 0 aromatic heterocycles. The molecule has 0 spiro atoms. The highest BCUT2D eigenvalue weighted by atomic mass is 32.1. The van der Waals surface area contributed by atoms with Crippen molar-refractivity contribution in [3.8, 4) is 0 Å². The lowest BCUT2D eigenvalue weighted by atomic mass is 9.91. The van der Waals surface area contributed by atoms with E-state index in [0.717, 1.165) is 6.42 Å². The van der Waals surface area contributed by atoms with Gasteiger partial charge in [0.2, 0.25) is 5.91 Å². The van der Waals surface area contributed by atoms with Crippen molar-refractivity contribution >= 4 is 23.1 Å². The number of ether oxygens (including phenoxy) is 1. The van der Waals surface area contributed by atoms with Crippen molar-refractivity contribution in [1.29, 1.82) is 0 Å². The number of morpholine rings is 1. The Morgan fingerprint density at radius 2 is 2.25 bits per heavy atom. The molecule has 0 saturated carbocycles. The molecule has 92 valence electrons. The Morgan fingerprint density at radius 3 is 2.75 bits per heavy atom. The zero-order chi connectivity index (χ0) is 12.3. The van der Waals surface area contributed by atoms with Gasteiger partial charge in [0.1, 0.15) is 0 Å². The summed E-state index contributed by atoms with van der Waals surface area (Å²) in [5.74, 6) is 0.00162. The molecule has 0 radical (unpaired) electrons. The van der Waals surface area contributed by atoms with Crippen LogP contribution in [0, 0.1) is 5.41 Å². The van der Waals surface area contributed by atoms with Crippen LogP contribution in [0.4, 0.5) is 0 Å². The van der Waals surface area contributed by atoms with Crippen LogP contribution in [-0.4, -0.2) is 41.6 Å². The summed E-state index contributed by atoms with van der Waals surface area (Å²) < 4.78 is 5.52. The van der Waals surface area contributed by atoms with Crippen molar-refractivity contribution in [2.45, 2.75) is 33.3 Å². The van der Waals surface area contributed by atoms with Crippen molar-refractivity contribution in [2.75, 3.05) is 19.7 Å². The molecule has 5 heteroatoms. The summed E-state index contributed by atoms with van der Waals surface area (Å²) in [5, 5.41) is 0. The van der Waals surface area contributed by atoms with Crippen LogP contribution in [0.2, 0.25) is 0 Å². The molecule has 4 nitrogen and oxygen atoms in total. The van der Waals surface area contributed by atoms with Crippen molar-refractivity contribution in [3.05, 3.63) is 0 Å². The number of carbonyl (C=O) groups is 1. The number of carbonyl (C=O) groups excluding carboxylic acids is 1. The normalized spacial score (nSPS) is 21.9. The van der Waals surface area contributed by atoms with Crippen LogP contribution in [-0.2, 0) is 9.53 Å². The topological polar surface area (TPSA) is 55.6 Å². The minimum Gasteiger partial charge on any atom is -0.392 e. The summed E-state index contributed by atoms with van der Waals surface area (Å²) >= 11 is 4.93. The van der Waals surface area contributed by atoms with E-state index < -0.39 is 5.41 Å². The van der Waals surface area contributed by atoms with E-state index in [1.54, 1.807) is 18.7 Å². The lowest BCUT2D eigenvalue weighted by molar-refractivity contribution is -0.144. The highest BCUT2D eigenvalue weighted by molar-refractivity contribution is 7.80. The minimum absolute atomic E-state index is 0.00162. The Morgan fingerprint density at radius 1 is 1.62 bits per heavy atom. The lowest BCUT2D eigenvalue weighted by Gasteiger charge is -2.37. The van der Waals surface area contributed by atoms with Gasteiger partial charge in [-0.1, -0.05) is 19.1 Å². The van der Waals surface area contributed by atoms with E-state index in [1.807, 2.05) is 0 Å². The Labute approximate surface area is 102 Å². The molecule has 1 atom stereocenters. The fourth-order valence-electron chi connectivity index (χ4n) is 1.65. The molecule has 1 saturated heterocycles. The molecule has 1 heterocycles. The summed E-state index contributed by atoms with van der Waals surface area (Å²) in [4.78, 5) is 14.3. The number of nitrogens with two attached hydrogens (primary N) is 1. The molecule has 1 unspecified atom stereocenters. The van der Waals surface area contributed by atoms with Gasteiger partial charge in [0.15, 0.2) is 0 Å². The first-order valence-electron chi connectivity index (χ1n) is 5.60. The summed E-state index contributed by atoms with van der Waals surface area (Å²) in [6.07, 6.45) is 1.05. The number of nitrogens with zero attached hydrogens (tertiary/aromatic N) is 1. The maximum atomic E-state index is 12.2. The van der Waals surface area contributed by atoms with Gasteiger partial charge in [0, 0.05) is 13.1 Å². The van der Waals surface area contributed by atoms with Crippen LogP contribution < -0.4 is 5.73 Å². The monoisotopic (exact) mass is 244 g/mol. The third-order valence-electron chi connectivity index (χ3n) is 3.03. The second-order valence-electron chi connectivity index (χ2n) is 4.64. The van der Waals surface area contributed by atoms with Crippen molar-refractivity contribution in [1.82, 2.24) is 4.90 Å². The van der Waals surface area contributed by atoms with Gasteiger partial charge in [-0.2, -0.15) is 0 Å². The van der Waals surface area contributed by atoms with Crippen LogP contribution in [0.15, 0.2) is 0 Å². The number of rotatable bonds is 3. The molecule has 2 N–H and O–H groups in total. The minimum atomic E-state index is -0.759. The smallest absolute Gasteiger partial charge is 0.235 e. The van der Waals surface area contributed by atoms with E-state index in [9.17, 15) is 4.79 Å². The van der Waals surface area contributed by atoms with E-state index in [2.05, 4.69) is 6.92 Å². The third-order valence-corrected chi connectivity index (χ3v) is 3.54. The van der Waals surface area contributed by atoms with Crippen LogP contribution in [0.5, 0.6) is 0 Å². The number of thiocarbonyl (C=S) groups is 1. The Kier molecular flexibility index (Phi) is 4.27. The summed E-state index contributed by atoms with van der Waals surface area (Å²) in [7, 11) is 0. The average molecular weight is 244 g/mol. The highest BCUT2D eigenvalue weighted by Gasteiger charge is 2.36. The molecule has 0 aliphatic carbocycles. The summed E-state index contributed by atoms with van der Waals surface area (Å²) in [5.41, 5.74) is 4.84. The van der Waals surface area contributed by atoms with E-state index >= 15 is 0 Å². The van der Waals surface area contributed by atoms with Gasteiger partial charge in [0.05, 0.1) is 23.1 Å². The number of amides is 1. The molecule has 1 fully saturated rings. The van der Waals surface area contributed by atoms with E-state index in [4.69, 9.17) is 22.7 Å². The Hall–Kier alpha value is -0.680. The fraction of sp³-hybridized carbons (Fsp3) is 0.818. The van der Waals surface area contributed by atoms with Crippen LogP contribution >= 0.6 is 12.2 Å². The fourth-order valence-corrected chi connectivity index (χ4v) is 1.74. The first-order valence-corrected chi connectivity index (χ1v) is 6.01. The van der Waals surface area contributed by atoms with Crippen LogP contribution in [0.25, 0.3) is 0 Å². The molecule has 1 amide bonds. The first-order chi connectivity index (χ1) is 7.39. The SMILES string of the molecule is CCC1CN(C(=O)C(C)(C)C(N)=S)CCO1. The summed E-state index contributed by atoms with van der Waals surface area (Å²) in [6.45, 7) is 7.46. The largest absolute Gasteiger partial charge is 0.392 e. The maximum Gasteiger partial charge on any atom is 0.235 e. The van der Waals surface area contributed by atoms with Gasteiger partial charge in [0.25, 0.3) is 0 Å².